The Kier molecular flexibility index (Phi) is 6.72. The number of hydrogen-bond donors (Lipinski definition) is 2. The van der Waals surface area contributed by atoms with Crippen LogP contribution in [-0.2, 0) is 0 Å². The summed E-state index contributed by atoms with van der Waals surface area (Å²) >= 11 is 0. The van der Waals surface area contributed by atoms with Crippen LogP contribution in [0.1, 0.15) is 26.2 Å². The highest BCUT2D eigenvalue weighted by molar-refractivity contribution is 5.57. The number of pyridine rings is 1. The summed E-state index contributed by atoms with van der Waals surface area (Å²) < 4.78 is 4.98. The Morgan fingerprint density at radius 3 is 2.80 bits per heavy atom. The van der Waals surface area contributed by atoms with Gasteiger partial charge in [-0.2, -0.15) is 4.98 Å². The summed E-state index contributed by atoms with van der Waals surface area (Å²) in [6.45, 7) is 2.71. The molecule has 0 saturated carbocycles. The van der Waals surface area contributed by atoms with Crippen molar-refractivity contribution in [2.24, 2.45) is 5.92 Å². The van der Waals surface area contributed by atoms with Gasteiger partial charge >= 0.3 is 5.69 Å². The van der Waals surface area contributed by atoms with Gasteiger partial charge in [0.1, 0.15) is 0 Å². The molecule has 0 spiro atoms. The lowest BCUT2D eigenvalue weighted by Crippen LogP contribution is -2.17. The van der Waals surface area contributed by atoms with Crippen molar-refractivity contribution >= 4 is 11.5 Å². The zero-order chi connectivity index (χ0) is 15.0. The van der Waals surface area contributed by atoms with Crippen molar-refractivity contribution in [1.82, 2.24) is 4.98 Å². The molecule has 0 radical (unpaired) electrons. The first-order chi connectivity index (χ1) is 9.62. The average molecular weight is 283 g/mol. The molecule has 0 saturated heterocycles. The van der Waals surface area contributed by atoms with Crippen molar-refractivity contribution in [3.63, 3.8) is 0 Å². The van der Waals surface area contributed by atoms with Crippen molar-refractivity contribution in [1.29, 1.82) is 0 Å². The summed E-state index contributed by atoms with van der Waals surface area (Å²) in [7, 11) is 1.46. The molecule has 0 aliphatic heterocycles. The number of ether oxygens (including phenoxy) is 1. The normalized spacial score (nSPS) is 11.9. The number of aliphatic hydroxyl groups excluding tert-OH is 1. The van der Waals surface area contributed by atoms with Crippen molar-refractivity contribution in [2.75, 3.05) is 25.6 Å². The molecule has 1 heterocycles. The number of methoxy groups -OCH3 is 1. The van der Waals surface area contributed by atoms with E-state index in [9.17, 15) is 10.1 Å². The van der Waals surface area contributed by atoms with E-state index in [1.807, 2.05) is 0 Å². The van der Waals surface area contributed by atoms with Crippen LogP contribution in [0.2, 0.25) is 0 Å². The standard InChI is InChI=1S/C13H21N3O4/c1-3-4-10(7-8-17)9-14-13-11(16(18)19)5-6-12(15-13)20-2/h5-6,10,17H,3-4,7-9H2,1-2H3,(H,14,15). The van der Waals surface area contributed by atoms with E-state index >= 15 is 0 Å². The van der Waals surface area contributed by atoms with E-state index in [1.54, 1.807) is 0 Å². The lowest BCUT2D eigenvalue weighted by Gasteiger charge is -2.16. The Balaban J connectivity index is 2.80. The fourth-order valence-corrected chi connectivity index (χ4v) is 2.01. The summed E-state index contributed by atoms with van der Waals surface area (Å²) in [6, 6.07) is 2.83. The minimum absolute atomic E-state index is 0.0787. The Morgan fingerprint density at radius 2 is 2.25 bits per heavy atom. The highest BCUT2D eigenvalue weighted by Gasteiger charge is 2.17. The van der Waals surface area contributed by atoms with Crippen LogP contribution in [0.4, 0.5) is 11.5 Å². The van der Waals surface area contributed by atoms with Crippen molar-refractivity contribution in [3.05, 3.63) is 22.2 Å². The van der Waals surface area contributed by atoms with E-state index in [0.717, 1.165) is 12.8 Å². The van der Waals surface area contributed by atoms with Gasteiger partial charge < -0.3 is 15.2 Å². The molecule has 0 bridgehead atoms. The second kappa shape index (κ2) is 8.31. The molecule has 0 aliphatic carbocycles. The molecule has 1 atom stereocenters. The third-order valence-electron chi connectivity index (χ3n) is 3.05. The van der Waals surface area contributed by atoms with Gasteiger partial charge in [-0.15, -0.1) is 0 Å². The number of anilines is 1. The van der Waals surface area contributed by atoms with E-state index in [1.165, 1.54) is 19.2 Å². The fraction of sp³-hybridized carbons (Fsp3) is 0.615. The van der Waals surface area contributed by atoms with Crippen LogP contribution in [0.15, 0.2) is 12.1 Å². The second-order valence-electron chi connectivity index (χ2n) is 4.53. The third-order valence-corrected chi connectivity index (χ3v) is 3.05. The van der Waals surface area contributed by atoms with Crippen molar-refractivity contribution < 1.29 is 14.8 Å². The van der Waals surface area contributed by atoms with Crippen LogP contribution in [-0.4, -0.2) is 35.3 Å². The van der Waals surface area contributed by atoms with Crippen LogP contribution in [0.25, 0.3) is 0 Å². The van der Waals surface area contributed by atoms with Gasteiger partial charge in [0.15, 0.2) is 0 Å². The molecule has 1 unspecified atom stereocenters. The molecule has 1 aromatic heterocycles. The SMILES string of the molecule is CCCC(CCO)CNc1nc(OC)ccc1[N+](=O)[O-]. The minimum Gasteiger partial charge on any atom is -0.481 e. The number of aromatic nitrogens is 1. The smallest absolute Gasteiger partial charge is 0.311 e. The Morgan fingerprint density at radius 1 is 1.50 bits per heavy atom. The molecular weight excluding hydrogens is 262 g/mol. The lowest BCUT2D eigenvalue weighted by molar-refractivity contribution is -0.384. The summed E-state index contributed by atoms with van der Waals surface area (Å²) in [4.78, 5) is 14.6. The van der Waals surface area contributed by atoms with E-state index in [0.29, 0.717) is 18.8 Å². The number of nitro groups is 1. The molecule has 1 rings (SSSR count). The van der Waals surface area contributed by atoms with Crippen LogP contribution in [0, 0.1) is 16.0 Å². The number of rotatable bonds is 9. The highest BCUT2D eigenvalue weighted by atomic mass is 16.6. The van der Waals surface area contributed by atoms with Gasteiger partial charge in [0.2, 0.25) is 11.7 Å². The predicted octanol–water partition coefficient (Wildman–Crippen LogP) is 2.21. The van der Waals surface area contributed by atoms with Gasteiger partial charge in [-0.25, -0.2) is 0 Å². The number of nitrogens with one attached hydrogen (secondary N) is 1. The van der Waals surface area contributed by atoms with Crippen LogP contribution in [0.5, 0.6) is 5.88 Å². The Bertz CT molecular complexity index is 434. The molecule has 7 nitrogen and oxygen atoms in total. The van der Waals surface area contributed by atoms with Gasteiger partial charge in [-0.1, -0.05) is 13.3 Å². The first-order valence-electron chi connectivity index (χ1n) is 6.66. The van der Waals surface area contributed by atoms with E-state index < -0.39 is 4.92 Å². The zero-order valence-corrected chi connectivity index (χ0v) is 11.8. The first-order valence-corrected chi connectivity index (χ1v) is 6.66. The topological polar surface area (TPSA) is 97.5 Å². The number of aliphatic hydroxyl groups is 1. The van der Waals surface area contributed by atoms with Crippen LogP contribution >= 0.6 is 0 Å². The first kappa shape index (κ1) is 16.2. The van der Waals surface area contributed by atoms with E-state index in [4.69, 9.17) is 9.84 Å². The number of nitrogens with zero attached hydrogens (tertiary/aromatic N) is 2. The molecule has 0 aromatic carbocycles. The Labute approximate surface area is 118 Å². The molecular formula is C13H21N3O4. The summed E-state index contributed by atoms with van der Waals surface area (Å²) in [5.41, 5.74) is -0.0787. The van der Waals surface area contributed by atoms with Crippen LogP contribution in [0.3, 0.4) is 0 Å². The minimum atomic E-state index is -0.477. The molecule has 0 fully saturated rings. The van der Waals surface area contributed by atoms with E-state index in [-0.39, 0.29) is 24.0 Å². The summed E-state index contributed by atoms with van der Waals surface area (Å²) in [5.74, 6) is 0.790. The van der Waals surface area contributed by atoms with Gasteiger partial charge in [0.25, 0.3) is 0 Å². The molecule has 7 heteroatoms. The molecule has 0 amide bonds. The van der Waals surface area contributed by atoms with Gasteiger partial charge in [0, 0.05) is 25.3 Å². The predicted molar refractivity (Wildman–Crippen MR) is 76.0 cm³/mol. The molecule has 2 N–H and O–H groups in total. The maximum absolute atomic E-state index is 11.0. The summed E-state index contributed by atoms with van der Waals surface area (Å²) in [5, 5.41) is 23.0. The van der Waals surface area contributed by atoms with Gasteiger partial charge in [-0.3, -0.25) is 10.1 Å². The van der Waals surface area contributed by atoms with Crippen LogP contribution < -0.4 is 10.1 Å². The van der Waals surface area contributed by atoms with Gasteiger partial charge in [-0.05, 0) is 18.8 Å². The largest absolute Gasteiger partial charge is 0.481 e. The third kappa shape index (κ3) is 4.65. The van der Waals surface area contributed by atoms with Crippen molar-refractivity contribution in [2.45, 2.75) is 26.2 Å². The molecule has 1 aromatic rings. The molecule has 112 valence electrons. The number of hydrogen-bond acceptors (Lipinski definition) is 6. The Hall–Kier alpha value is -1.89. The molecule has 20 heavy (non-hydrogen) atoms. The second-order valence-corrected chi connectivity index (χ2v) is 4.53. The van der Waals surface area contributed by atoms with Gasteiger partial charge in [0.05, 0.1) is 12.0 Å². The average Bonchev–Trinajstić information content (AvgIpc) is 2.44. The quantitative estimate of drug-likeness (QED) is 0.532. The fourth-order valence-electron chi connectivity index (χ4n) is 2.01. The highest BCUT2D eigenvalue weighted by Crippen LogP contribution is 2.25. The monoisotopic (exact) mass is 283 g/mol. The van der Waals surface area contributed by atoms with Crippen molar-refractivity contribution in [3.8, 4) is 5.88 Å². The zero-order valence-electron chi connectivity index (χ0n) is 11.8. The van der Waals surface area contributed by atoms with E-state index in [2.05, 4.69) is 17.2 Å². The molecule has 0 aliphatic rings. The maximum atomic E-state index is 11.0. The maximum Gasteiger partial charge on any atom is 0.311 e. The summed E-state index contributed by atoms with van der Waals surface area (Å²) in [6.07, 6.45) is 2.61. The lowest BCUT2D eigenvalue weighted by atomic mass is 10.0.